The molecule has 0 N–H and O–H groups in total. The van der Waals surface area contributed by atoms with Gasteiger partial charge in [0.05, 0.1) is 0 Å². The van der Waals surface area contributed by atoms with Gasteiger partial charge in [-0.25, -0.2) is 4.39 Å². The van der Waals surface area contributed by atoms with E-state index >= 15 is 0 Å². The summed E-state index contributed by atoms with van der Waals surface area (Å²) in [5.41, 5.74) is 0. The molecule has 0 bridgehead atoms. The quantitative estimate of drug-likeness (QED) is 0.419. The van der Waals surface area contributed by atoms with E-state index in [1.165, 1.54) is 24.3 Å². The van der Waals surface area contributed by atoms with Crippen molar-refractivity contribution in [3.8, 4) is 0 Å². The van der Waals surface area contributed by atoms with E-state index in [2.05, 4.69) is 6.07 Å². The molecule has 0 saturated carbocycles. The maximum atomic E-state index is 11.9. The fourth-order valence-corrected chi connectivity index (χ4v) is 0.367. The van der Waals surface area contributed by atoms with Crippen molar-refractivity contribution in [3.63, 3.8) is 0 Å². The molecule has 0 amide bonds. The number of benzene rings is 1. The molecule has 2 radical (unpaired) electrons. The fraction of sp³-hybridized carbons (Fsp3) is 0. The standard InChI is InChI=1S/C6H4F.Cu.Mg/c7-6-4-2-1-3-5-6;;/h2-5H;;/q-1;+1;. The van der Waals surface area contributed by atoms with E-state index in [0.717, 1.165) is 0 Å². The van der Waals surface area contributed by atoms with E-state index in [1.807, 2.05) is 0 Å². The van der Waals surface area contributed by atoms with Crippen LogP contribution in [0.2, 0.25) is 0 Å². The molecule has 3 heteroatoms. The van der Waals surface area contributed by atoms with E-state index in [4.69, 9.17) is 0 Å². The van der Waals surface area contributed by atoms with Crippen molar-refractivity contribution < 1.29 is 21.5 Å². The zero-order valence-electron chi connectivity index (χ0n) is 4.70. The molecule has 0 unspecified atom stereocenters. The number of halogens is 1. The average Bonchev–Trinajstić information content (AvgIpc) is 1.69. The third-order valence-corrected chi connectivity index (χ3v) is 0.678. The summed E-state index contributed by atoms with van der Waals surface area (Å²) in [6.45, 7) is 0. The summed E-state index contributed by atoms with van der Waals surface area (Å²) in [6, 6.07) is 8.49. The second kappa shape index (κ2) is 6.55. The Labute approximate surface area is 80.5 Å². The van der Waals surface area contributed by atoms with Gasteiger partial charge in [0.2, 0.25) is 0 Å². The van der Waals surface area contributed by atoms with Crippen LogP contribution in [0.4, 0.5) is 4.39 Å². The first kappa shape index (κ1) is 12.1. The van der Waals surface area contributed by atoms with Crippen molar-refractivity contribution in [2.45, 2.75) is 0 Å². The molecule has 0 fully saturated rings. The Bertz CT molecular complexity index is 143. The van der Waals surface area contributed by atoms with Gasteiger partial charge in [-0.05, 0) is 0 Å². The van der Waals surface area contributed by atoms with Gasteiger partial charge in [0, 0.05) is 28.9 Å². The molecular formula is C6H4CuFMg. The Hall–Kier alpha value is 0.436. The molecule has 1 aromatic carbocycles. The van der Waals surface area contributed by atoms with Gasteiger partial charge in [-0.3, -0.25) is 0 Å². The van der Waals surface area contributed by atoms with Gasteiger partial charge in [-0.1, -0.05) is 0 Å². The van der Waals surface area contributed by atoms with Crippen LogP contribution in [0.3, 0.4) is 0 Å². The minimum Gasteiger partial charge on any atom is -0.236 e. The van der Waals surface area contributed by atoms with E-state index in [9.17, 15) is 4.39 Å². The first-order valence-electron chi connectivity index (χ1n) is 2.01. The van der Waals surface area contributed by atoms with Gasteiger partial charge in [0.25, 0.3) is 0 Å². The zero-order chi connectivity index (χ0) is 5.11. The summed E-state index contributed by atoms with van der Waals surface area (Å²) in [6.07, 6.45) is 0. The van der Waals surface area contributed by atoms with Crippen LogP contribution in [0.15, 0.2) is 24.3 Å². The molecule has 9 heavy (non-hydrogen) atoms. The maximum Gasteiger partial charge on any atom is 1.00 e. The Morgan fingerprint density at radius 1 is 1.22 bits per heavy atom. The Morgan fingerprint density at radius 3 is 1.89 bits per heavy atom. The predicted octanol–water partition coefficient (Wildman–Crippen LogP) is 1.24. The predicted molar refractivity (Wildman–Crippen MR) is 31.0 cm³/mol. The molecule has 0 atom stereocenters. The van der Waals surface area contributed by atoms with Crippen LogP contribution in [0, 0.1) is 11.9 Å². The Morgan fingerprint density at radius 2 is 1.67 bits per heavy atom. The van der Waals surface area contributed by atoms with Crippen molar-refractivity contribution in [2.24, 2.45) is 0 Å². The van der Waals surface area contributed by atoms with Crippen LogP contribution in [-0.2, 0) is 17.1 Å². The molecule has 0 spiro atoms. The summed E-state index contributed by atoms with van der Waals surface area (Å²) in [4.78, 5) is 0. The van der Waals surface area contributed by atoms with Crippen molar-refractivity contribution >= 4 is 23.1 Å². The molecular weight excluding hydrogens is 179 g/mol. The van der Waals surface area contributed by atoms with Crippen LogP contribution in [-0.4, -0.2) is 23.1 Å². The van der Waals surface area contributed by atoms with Crippen LogP contribution >= 0.6 is 0 Å². The van der Waals surface area contributed by atoms with Crippen LogP contribution in [0.25, 0.3) is 0 Å². The second-order valence-corrected chi connectivity index (χ2v) is 1.22. The zero-order valence-corrected chi connectivity index (χ0v) is 7.05. The molecule has 0 heterocycles. The van der Waals surface area contributed by atoms with Crippen LogP contribution in [0.5, 0.6) is 0 Å². The molecule has 0 saturated heterocycles. The molecule has 1 aromatic rings. The summed E-state index contributed by atoms with van der Waals surface area (Å²) in [5.74, 6) is -0.209. The van der Waals surface area contributed by atoms with Crippen LogP contribution < -0.4 is 0 Å². The summed E-state index contributed by atoms with van der Waals surface area (Å²) < 4.78 is 11.9. The summed E-state index contributed by atoms with van der Waals surface area (Å²) in [5, 5.41) is 0. The van der Waals surface area contributed by atoms with Gasteiger partial charge in [0.1, 0.15) is 0 Å². The van der Waals surface area contributed by atoms with E-state index in [1.54, 1.807) is 0 Å². The first-order valence-corrected chi connectivity index (χ1v) is 2.01. The number of rotatable bonds is 0. The monoisotopic (exact) mass is 182 g/mol. The molecule has 0 aliphatic carbocycles. The molecule has 0 aliphatic rings. The Balaban J connectivity index is 0. The van der Waals surface area contributed by atoms with Crippen molar-refractivity contribution in [1.82, 2.24) is 0 Å². The van der Waals surface area contributed by atoms with E-state index in [-0.39, 0.29) is 45.9 Å². The maximum absolute atomic E-state index is 11.9. The van der Waals surface area contributed by atoms with Gasteiger partial charge >= 0.3 is 17.1 Å². The minimum atomic E-state index is -0.209. The third-order valence-electron chi connectivity index (χ3n) is 0.678. The number of hydrogen-bond donors (Lipinski definition) is 0. The molecule has 48 valence electrons. The van der Waals surface area contributed by atoms with Crippen molar-refractivity contribution in [1.29, 1.82) is 0 Å². The molecule has 0 nitrogen and oxygen atoms in total. The SMILES string of the molecule is Fc1cc[c-]cc1.[Cu+].[Mg]. The molecule has 0 aliphatic heterocycles. The summed E-state index contributed by atoms with van der Waals surface area (Å²) >= 11 is 0. The van der Waals surface area contributed by atoms with Gasteiger partial charge in [-0.2, -0.15) is 18.2 Å². The largest absolute Gasteiger partial charge is 1.00 e. The Kier molecular flexibility index (Phi) is 8.84. The minimum absolute atomic E-state index is 0. The van der Waals surface area contributed by atoms with Crippen molar-refractivity contribution in [3.05, 3.63) is 36.1 Å². The van der Waals surface area contributed by atoms with E-state index in [0.29, 0.717) is 0 Å². The summed E-state index contributed by atoms with van der Waals surface area (Å²) in [7, 11) is 0. The first-order chi connectivity index (χ1) is 3.39. The fourth-order valence-electron chi connectivity index (χ4n) is 0.367. The molecule has 0 aromatic heterocycles. The van der Waals surface area contributed by atoms with Crippen LogP contribution in [0.1, 0.15) is 0 Å². The van der Waals surface area contributed by atoms with Gasteiger partial charge in [-0.15, -0.1) is 12.1 Å². The van der Waals surface area contributed by atoms with Gasteiger partial charge < -0.3 is 0 Å². The third kappa shape index (κ3) is 4.91. The second-order valence-electron chi connectivity index (χ2n) is 1.22. The van der Waals surface area contributed by atoms with Gasteiger partial charge in [0.15, 0.2) is 0 Å². The topological polar surface area (TPSA) is 0 Å². The van der Waals surface area contributed by atoms with E-state index < -0.39 is 0 Å². The smallest absolute Gasteiger partial charge is 0.236 e. The average molecular weight is 183 g/mol. The van der Waals surface area contributed by atoms with Crippen molar-refractivity contribution in [2.75, 3.05) is 0 Å². The number of hydrogen-bond acceptors (Lipinski definition) is 0. The normalized spacial score (nSPS) is 6.78. The molecule has 1 rings (SSSR count).